The van der Waals surface area contributed by atoms with Crippen molar-refractivity contribution in [2.45, 2.75) is 12.5 Å². The molecule has 0 bridgehead atoms. The normalized spacial score (nSPS) is 17.0. The van der Waals surface area contributed by atoms with E-state index in [1.807, 2.05) is 82.9 Å². The first-order valence-corrected chi connectivity index (χ1v) is 9.35. The largest absolute Gasteiger partial charge is 0.355 e. The van der Waals surface area contributed by atoms with Crippen LogP contribution in [0.4, 0.5) is 11.5 Å². The second-order valence-corrected chi connectivity index (χ2v) is 7.01. The van der Waals surface area contributed by atoms with Crippen molar-refractivity contribution in [1.82, 2.24) is 9.88 Å². The summed E-state index contributed by atoms with van der Waals surface area (Å²) in [4.78, 5) is 33.5. The topological polar surface area (TPSA) is 56.4 Å². The highest BCUT2D eigenvalue weighted by atomic mass is 16.1. The summed E-state index contributed by atoms with van der Waals surface area (Å²) < 4.78 is 0. The van der Waals surface area contributed by atoms with Crippen LogP contribution >= 0.6 is 0 Å². The van der Waals surface area contributed by atoms with Gasteiger partial charge in [-0.2, -0.15) is 0 Å². The fourth-order valence-electron chi connectivity index (χ4n) is 4.10. The van der Waals surface area contributed by atoms with E-state index in [4.69, 9.17) is 0 Å². The number of H-pyrrole nitrogens is 1. The molecule has 1 spiro atoms. The summed E-state index contributed by atoms with van der Waals surface area (Å²) in [5, 5.41) is 1.21. The van der Waals surface area contributed by atoms with Crippen LogP contribution < -0.4 is 10.5 Å². The number of benzene rings is 2. The maximum Gasteiger partial charge on any atom is 0.257 e. The summed E-state index contributed by atoms with van der Waals surface area (Å²) in [7, 11) is 0. The van der Waals surface area contributed by atoms with E-state index in [-0.39, 0.29) is 11.3 Å². The number of nitrogens with zero attached hydrogens (tertiary/aromatic N) is 2. The second-order valence-electron chi connectivity index (χ2n) is 7.01. The fourth-order valence-corrected chi connectivity index (χ4v) is 4.10. The van der Waals surface area contributed by atoms with E-state index in [1.165, 1.54) is 0 Å². The van der Waals surface area contributed by atoms with Crippen molar-refractivity contribution < 1.29 is 4.79 Å². The number of anilines is 2. The maximum atomic E-state index is 13.8. The lowest BCUT2D eigenvalue weighted by molar-refractivity contribution is 0.0958. The maximum absolute atomic E-state index is 13.8. The first-order valence-electron chi connectivity index (χ1n) is 9.35. The van der Waals surface area contributed by atoms with Gasteiger partial charge in [0.1, 0.15) is 11.4 Å². The van der Waals surface area contributed by atoms with Crippen molar-refractivity contribution in [3.63, 3.8) is 0 Å². The van der Waals surface area contributed by atoms with Crippen molar-refractivity contribution >= 4 is 28.1 Å². The molecule has 3 heterocycles. The summed E-state index contributed by atoms with van der Waals surface area (Å²) >= 11 is 0. The van der Waals surface area contributed by atoms with Gasteiger partial charge in [0.2, 0.25) is 5.78 Å². The summed E-state index contributed by atoms with van der Waals surface area (Å²) in [5.41, 5.74) is 0.208. The number of para-hydroxylation sites is 1. The van der Waals surface area contributed by atoms with Gasteiger partial charge >= 0.3 is 0 Å². The first kappa shape index (κ1) is 16.6. The number of pyridine rings is 1. The molecule has 0 saturated heterocycles. The Labute approximate surface area is 162 Å². The summed E-state index contributed by atoms with van der Waals surface area (Å²) in [6.45, 7) is 2.87. The van der Waals surface area contributed by atoms with E-state index >= 15 is 0 Å². The molecular formula is C23H19N3O2. The van der Waals surface area contributed by atoms with E-state index in [0.29, 0.717) is 22.2 Å². The van der Waals surface area contributed by atoms with Gasteiger partial charge in [-0.25, -0.2) is 0 Å². The predicted molar refractivity (Wildman–Crippen MR) is 111 cm³/mol. The number of fused-ring (bicyclic) bond motifs is 3. The molecule has 0 fully saturated rings. The monoisotopic (exact) mass is 369 g/mol. The lowest BCUT2D eigenvalue weighted by Gasteiger charge is -2.36. The van der Waals surface area contributed by atoms with Gasteiger partial charge in [0.05, 0.1) is 5.56 Å². The zero-order valence-corrected chi connectivity index (χ0v) is 15.4. The average molecular weight is 369 g/mol. The van der Waals surface area contributed by atoms with Crippen molar-refractivity contribution in [1.29, 1.82) is 0 Å². The van der Waals surface area contributed by atoms with Crippen molar-refractivity contribution in [2.75, 3.05) is 11.4 Å². The molecule has 3 aromatic rings. The predicted octanol–water partition coefficient (Wildman–Crippen LogP) is 3.96. The summed E-state index contributed by atoms with van der Waals surface area (Å²) in [5.74, 6) is 0.501. The Morgan fingerprint density at radius 3 is 2.21 bits per heavy atom. The van der Waals surface area contributed by atoms with E-state index in [9.17, 15) is 9.59 Å². The Morgan fingerprint density at radius 2 is 1.54 bits per heavy atom. The zero-order chi connectivity index (χ0) is 19.3. The molecular weight excluding hydrogens is 350 g/mol. The van der Waals surface area contributed by atoms with Crippen LogP contribution in [0, 0.1) is 0 Å². The molecule has 1 aromatic heterocycles. The van der Waals surface area contributed by atoms with Gasteiger partial charge in [-0.1, -0.05) is 36.4 Å². The lowest BCUT2D eigenvalue weighted by atomic mass is 9.89. The third-order valence-corrected chi connectivity index (χ3v) is 5.51. The van der Waals surface area contributed by atoms with Crippen LogP contribution in [0.5, 0.6) is 0 Å². The minimum absolute atomic E-state index is 0.0398. The molecule has 0 radical (unpaired) electrons. The van der Waals surface area contributed by atoms with E-state index < -0.39 is 5.54 Å². The minimum Gasteiger partial charge on any atom is -0.355 e. The standard InChI is InChI=1S/C23H19N3O2/c1-2-25-14-12-23(13-15-25)20(27)19-17-10-6-7-11-18(17)22(28)24-21(19)26(23)16-8-4-3-5-9-16/h3-15H,2H2,1H3,(H,24,28). The van der Waals surface area contributed by atoms with Crippen LogP contribution in [0.25, 0.3) is 10.8 Å². The fraction of sp³-hybridized carbons (Fsp3) is 0.130. The van der Waals surface area contributed by atoms with E-state index in [2.05, 4.69) is 11.9 Å². The Hall–Kier alpha value is -3.60. The highest BCUT2D eigenvalue weighted by molar-refractivity contribution is 6.24. The van der Waals surface area contributed by atoms with Crippen LogP contribution in [-0.2, 0) is 0 Å². The summed E-state index contributed by atoms with van der Waals surface area (Å²) in [6, 6.07) is 17.0. The molecule has 0 saturated carbocycles. The number of carbonyl (C=O) groups is 1. The zero-order valence-electron chi connectivity index (χ0n) is 15.4. The number of nitrogens with one attached hydrogen (secondary N) is 1. The number of Topliss-reactive ketones (excluding diaryl/α,β-unsaturated/α-hetero) is 1. The van der Waals surface area contributed by atoms with Crippen molar-refractivity contribution in [2.24, 2.45) is 0 Å². The van der Waals surface area contributed by atoms with Gasteiger partial charge in [-0.05, 0) is 37.3 Å². The van der Waals surface area contributed by atoms with Gasteiger partial charge in [-0.3, -0.25) is 9.59 Å². The Kier molecular flexibility index (Phi) is 3.52. The number of rotatable bonds is 2. The third-order valence-electron chi connectivity index (χ3n) is 5.51. The smallest absolute Gasteiger partial charge is 0.257 e. The molecule has 1 N–H and O–H groups in total. The number of aromatic amines is 1. The van der Waals surface area contributed by atoms with Gasteiger partial charge < -0.3 is 14.8 Å². The molecule has 2 aliphatic rings. The molecule has 28 heavy (non-hydrogen) atoms. The van der Waals surface area contributed by atoms with Gasteiger partial charge in [-0.15, -0.1) is 0 Å². The van der Waals surface area contributed by atoms with Crippen LogP contribution in [0.3, 0.4) is 0 Å². The van der Waals surface area contributed by atoms with Crippen LogP contribution in [-0.4, -0.2) is 27.8 Å². The molecule has 0 unspecified atom stereocenters. The molecule has 5 heteroatoms. The molecule has 5 rings (SSSR count). The first-order chi connectivity index (χ1) is 13.7. The van der Waals surface area contributed by atoms with Crippen LogP contribution in [0.2, 0.25) is 0 Å². The van der Waals surface area contributed by atoms with Crippen LogP contribution in [0.15, 0.2) is 83.9 Å². The summed E-state index contributed by atoms with van der Waals surface area (Å²) in [6.07, 6.45) is 7.69. The highest BCUT2D eigenvalue weighted by Crippen LogP contribution is 2.47. The lowest BCUT2D eigenvalue weighted by Crippen LogP contribution is -2.46. The van der Waals surface area contributed by atoms with Gasteiger partial charge in [0, 0.05) is 35.4 Å². The van der Waals surface area contributed by atoms with E-state index in [1.54, 1.807) is 6.07 Å². The minimum atomic E-state index is -0.998. The number of hydrogen-bond acceptors (Lipinski definition) is 4. The Bertz CT molecular complexity index is 1190. The highest BCUT2D eigenvalue weighted by Gasteiger charge is 2.51. The second kappa shape index (κ2) is 5.96. The number of aromatic nitrogens is 1. The van der Waals surface area contributed by atoms with Gasteiger partial charge in [0.15, 0.2) is 0 Å². The van der Waals surface area contributed by atoms with Crippen LogP contribution in [0.1, 0.15) is 17.3 Å². The van der Waals surface area contributed by atoms with Crippen molar-refractivity contribution in [3.05, 3.63) is 95.1 Å². The third kappa shape index (κ3) is 2.13. The SMILES string of the molecule is CCN1C=CC2(C=C1)C(=O)c1c([nH]c(=O)c3ccccc13)N2c1ccccc1. The number of hydrogen-bond donors (Lipinski definition) is 1. The molecule has 138 valence electrons. The molecule has 2 aromatic carbocycles. The molecule has 0 atom stereocenters. The Balaban J connectivity index is 1.84. The molecule has 2 aliphatic heterocycles. The van der Waals surface area contributed by atoms with Crippen molar-refractivity contribution in [3.8, 4) is 0 Å². The molecule has 0 aliphatic carbocycles. The molecule has 5 nitrogen and oxygen atoms in total. The Morgan fingerprint density at radius 1 is 0.893 bits per heavy atom. The van der Waals surface area contributed by atoms with E-state index in [0.717, 1.165) is 12.2 Å². The number of carbonyl (C=O) groups excluding carboxylic acids is 1. The van der Waals surface area contributed by atoms with Gasteiger partial charge in [0.25, 0.3) is 5.56 Å². The molecule has 0 amide bonds. The number of ketones is 1. The average Bonchev–Trinajstić information content (AvgIpc) is 2.97. The quantitative estimate of drug-likeness (QED) is 0.743.